The van der Waals surface area contributed by atoms with Crippen LogP contribution in [0.5, 0.6) is 0 Å². The summed E-state index contributed by atoms with van der Waals surface area (Å²) < 4.78 is 38.8. The van der Waals surface area contributed by atoms with Crippen LogP contribution >= 0.6 is 0 Å². The van der Waals surface area contributed by atoms with E-state index in [0.29, 0.717) is 6.54 Å². The molecule has 0 saturated carbocycles. The molecule has 0 N–H and O–H groups in total. The zero-order valence-corrected chi connectivity index (χ0v) is 9.93. The lowest BCUT2D eigenvalue weighted by Gasteiger charge is -2.14. The Labute approximate surface area is 108 Å². The van der Waals surface area contributed by atoms with Crippen LogP contribution in [-0.4, -0.2) is 11.5 Å². The van der Waals surface area contributed by atoms with E-state index in [1.807, 2.05) is 12.1 Å². The fourth-order valence-corrected chi connectivity index (χ4v) is 2.24. The predicted molar refractivity (Wildman–Crippen MR) is 65.8 cm³/mol. The minimum Gasteiger partial charge on any atom is -0.360 e. The first-order valence-electron chi connectivity index (χ1n) is 5.90. The maximum absolute atomic E-state index is 12.9. The Bertz CT molecular complexity index is 581. The highest BCUT2D eigenvalue weighted by Crippen LogP contribution is 2.45. The molecular formula is C14H11F3N2. The van der Waals surface area contributed by atoms with Crippen molar-refractivity contribution in [1.29, 1.82) is 0 Å². The molecule has 2 nitrogen and oxygen atoms in total. The van der Waals surface area contributed by atoms with Crippen molar-refractivity contribution in [2.75, 3.05) is 11.4 Å². The van der Waals surface area contributed by atoms with E-state index in [-0.39, 0.29) is 11.7 Å². The molecule has 1 aromatic carbocycles. The van der Waals surface area contributed by atoms with E-state index in [0.717, 1.165) is 11.6 Å². The molecule has 1 aliphatic rings. The quantitative estimate of drug-likeness (QED) is 0.769. The topological polar surface area (TPSA) is 15.9 Å². The Hall–Kier alpha value is -2.04. The average Bonchev–Trinajstić information content (AvgIpc) is 3.19. The Balaban J connectivity index is 1.90. The Morgan fingerprint density at radius 2 is 1.74 bits per heavy atom. The highest BCUT2D eigenvalue weighted by Gasteiger charge is 2.42. The summed E-state index contributed by atoms with van der Waals surface area (Å²) in [5.41, 5.74) is 0.662. The van der Waals surface area contributed by atoms with Gasteiger partial charge in [0, 0.05) is 24.6 Å². The molecule has 1 saturated heterocycles. The van der Waals surface area contributed by atoms with Crippen molar-refractivity contribution in [2.45, 2.75) is 12.2 Å². The first kappa shape index (κ1) is 12.0. The molecule has 3 rings (SSSR count). The third-order valence-electron chi connectivity index (χ3n) is 3.22. The summed E-state index contributed by atoms with van der Waals surface area (Å²) in [4.78, 5) is 5.66. The number of hydrogen-bond donors (Lipinski definition) is 0. The number of benzene rings is 1. The highest BCUT2D eigenvalue weighted by molar-refractivity contribution is 5.62. The normalized spacial score (nSPS) is 18.5. The molecule has 0 bridgehead atoms. The van der Waals surface area contributed by atoms with Gasteiger partial charge in [-0.15, -0.1) is 0 Å². The van der Waals surface area contributed by atoms with Crippen LogP contribution in [0.3, 0.4) is 0 Å². The van der Waals surface area contributed by atoms with Gasteiger partial charge in [0.05, 0.1) is 11.6 Å². The molecule has 0 aliphatic carbocycles. The average molecular weight is 264 g/mol. The van der Waals surface area contributed by atoms with E-state index in [9.17, 15) is 13.2 Å². The monoisotopic (exact) mass is 264 g/mol. The second-order valence-corrected chi connectivity index (χ2v) is 4.46. The molecule has 1 aliphatic heterocycles. The van der Waals surface area contributed by atoms with Gasteiger partial charge in [-0.3, -0.25) is 4.98 Å². The number of alkyl halides is 3. The maximum atomic E-state index is 12.9. The van der Waals surface area contributed by atoms with Gasteiger partial charge in [-0.25, -0.2) is 0 Å². The fourth-order valence-electron chi connectivity index (χ4n) is 2.24. The number of anilines is 1. The van der Waals surface area contributed by atoms with E-state index < -0.39 is 11.7 Å². The van der Waals surface area contributed by atoms with Crippen LogP contribution in [0, 0.1) is 0 Å². The largest absolute Gasteiger partial charge is 0.418 e. The van der Waals surface area contributed by atoms with E-state index in [1.165, 1.54) is 12.1 Å². The Kier molecular flexibility index (Phi) is 2.69. The molecule has 0 spiro atoms. The first-order valence-corrected chi connectivity index (χ1v) is 5.90. The van der Waals surface area contributed by atoms with Crippen molar-refractivity contribution in [3.05, 3.63) is 59.9 Å². The van der Waals surface area contributed by atoms with Crippen LogP contribution in [0.2, 0.25) is 0 Å². The van der Waals surface area contributed by atoms with Crippen molar-refractivity contribution in [3.8, 4) is 0 Å². The molecule has 1 fully saturated rings. The summed E-state index contributed by atoms with van der Waals surface area (Å²) in [5.74, 6) is 0. The minimum atomic E-state index is -4.32. The van der Waals surface area contributed by atoms with Crippen molar-refractivity contribution < 1.29 is 13.2 Å². The highest BCUT2D eigenvalue weighted by atomic mass is 19.4. The summed E-state index contributed by atoms with van der Waals surface area (Å²) in [7, 11) is 0. The molecular weight excluding hydrogens is 253 g/mol. The molecule has 98 valence electrons. The molecule has 5 heteroatoms. The van der Waals surface area contributed by atoms with E-state index in [1.54, 1.807) is 23.4 Å². The molecule has 0 amide bonds. The van der Waals surface area contributed by atoms with Crippen LogP contribution in [0.1, 0.15) is 17.2 Å². The van der Waals surface area contributed by atoms with Crippen LogP contribution < -0.4 is 4.90 Å². The SMILES string of the molecule is FC(F)(F)c1ccccc1N1C[C@@H]1c1ccncc1. The van der Waals surface area contributed by atoms with Crippen LogP contribution in [0.15, 0.2) is 48.8 Å². The number of halogens is 3. The first-order chi connectivity index (χ1) is 9.07. The standard InChI is InChI=1S/C14H11F3N2/c15-14(16,17)11-3-1-2-4-12(11)19-9-13(19)10-5-7-18-8-6-10/h1-8,13H,9H2/t13-,19?/m1/s1. The van der Waals surface area contributed by atoms with Gasteiger partial charge in [0.15, 0.2) is 0 Å². The van der Waals surface area contributed by atoms with Crippen LogP contribution in [0.4, 0.5) is 18.9 Å². The minimum absolute atomic E-state index is 0.0199. The number of pyridine rings is 1. The van der Waals surface area contributed by atoms with Gasteiger partial charge < -0.3 is 4.90 Å². The van der Waals surface area contributed by atoms with Gasteiger partial charge in [0.1, 0.15) is 0 Å². The fraction of sp³-hybridized carbons (Fsp3) is 0.214. The van der Waals surface area contributed by atoms with E-state index in [4.69, 9.17) is 0 Å². The van der Waals surface area contributed by atoms with Gasteiger partial charge >= 0.3 is 6.18 Å². The van der Waals surface area contributed by atoms with Gasteiger partial charge in [0.2, 0.25) is 0 Å². The predicted octanol–water partition coefficient (Wildman–Crippen LogP) is 3.66. The third-order valence-corrected chi connectivity index (χ3v) is 3.22. The molecule has 0 radical (unpaired) electrons. The molecule has 2 heterocycles. The van der Waals surface area contributed by atoms with Crippen molar-refractivity contribution in [2.24, 2.45) is 0 Å². The summed E-state index contributed by atoms with van der Waals surface area (Å²) >= 11 is 0. The van der Waals surface area contributed by atoms with Crippen molar-refractivity contribution in [3.63, 3.8) is 0 Å². The lowest BCUT2D eigenvalue weighted by atomic mass is 10.1. The van der Waals surface area contributed by atoms with Crippen molar-refractivity contribution >= 4 is 5.69 Å². The molecule has 0 unspecified atom stereocenters. The van der Waals surface area contributed by atoms with Gasteiger partial charge in [-0.05, 0) is 29.8 Å². The molecule has 1 aromatic heterocycles. The van der Waals surface area contributed by atoms with Gasteiger partial charge in [-0.2, -0.15) is 13.2 Å². The van der Waals surface area contributed by atoms with Crippen LogP contribution in [-0.2, 0) is 6.18 Å². The van der Waals surface area contributed by atoms with Crippen LogP contribution in [0.25, 0.3) is 0 Å². The summed E-state index contributed by atoms with van der Waals surface area (Å²) in [6.45, 7) is 0.608. The number of nitrogens with zero attached hydrogens (tertiary/aromatic N) is 2. The Morgan fingerprint density at radius 1 is 1.05 bits per heavy atom. The zero-order valence-electron chi connectivity index (χ0n) is 9.93. The number of aromatic nitrogens is 1. The molecule has 1 atom stereocenters. The van der Waals surface area contributed by atoms with Gasteiger partial charge in [-0.1, -0.05) is 12.1 Å². The van der Waals surface area contributed by atoms with Crippen molar-refractivity contribution in [1.82, 2.24) is 4.98 Å². The maximum Gasteiger partial charge on any atom is 0.418 e. The Morgan fingerprint density at radius 3 is 2.42 bits per heavy atom. The number of hydrogen-bond acceptors (Lipinski definition) is 2. The number of rotatable bonds is 2. The lowest BCUT2D eigenvalue weighted by Crippen LogP contribution is -2.09. The summed E-state index contributed by atoms with van der Waals surface area (Å²) in [6, 6.07) is 9.37. The molecule has 2 aromatic rings. The second kappa shape index (κ2) is 4.26. The molecule has 19 heavy (non-hydrogen) atoms. The smallest absolute Gasteiger partial charge is 0.360 e. The summed E-state index contributed by atoms with van der Waals surface area (Å²) in [6.07, 6.45) is -1.01. The third kappa shape index (κ3) is 2.28. The van der Waals surface area contributed by atoms with E-state index >= 15 is 0 Å². The van der Waals surface area contributed by atoms with Gasteiger partial charge in [0.25, 0.3) is 0 Å². The second-order valence-electron chi connectivity index (χ2n) is 4.46. The number of para-hydroxylation sites is 1. The zero-order chi connectivity index (χ0) is 13.5. The van der Waals surface area contributed by atoms with E-state index in [2.05, 4.69) is 4.98 Å². The lowest BCUT2D eigenvalue weighted by molar-refractivity contribution is -0.137. The summed E-state index contributed by atoms with van der Waals surface area (Å²) in [5, 5.41) is 0.